The van der Waals surface area contributed by atoms with Crippen molar-refractivity contribution < 1.29 is 230 Å². The van der Waals surface area contributed by atoms with Crippen LogP contribution < -0.4 is 159 Å². The fraction of sp³-hybridized carbons (Fsp3) is 0.395. The average molecular weight is 2080 g/mol. The number of aliphatic hydroxyl groups is 1. The largest absolute Gasteiger partial charge is 1.00 e. The fourth-order valence-corrected chi connectivity index (χ4v) is 9.36. The second-order valence-electron chi connectivity index (χ2n) is 28.7. The summed E-state index contributed by atoms with van der Waals surface area (Å²) in [5.74, 6) is 5.71. The summed E-state index contributed by atoms with van der Waals surface area (Å²) in [5, 5.41) is 50.7. The van der Waals surface area contributed by atoms with E-state index >= 15 is 0 Å². The molecule has 5 aromatic heterocycles. The molecule has 10 rings (SSSR count). The molecule has 0 unspecified atom stereocenters. The maximum absolute atomic E-state index is 12.4. The van der Waals surface area contributed by atoms with Crippen molar-refractivity contribution in [2.45, 2.75) is 186 Å². The zero-order valence-electron chi connectivity index (χ0n) is 70.2. The van der Waals surface area contributed by atoms with E-state index in [2.05, 4.69) is 245 Å². The number of terminal acetylenes is 2. The Balaban J connectivity index is -0.000000290. The summed E-state index contributed by atoms with van der Waals surface area (Å²) in [6.45, 7) is 45.9. The Bertz CT molecular complexity index is 4630. The second kappa shape index (κ2) is 56.6. The molecule has 110 heavy (non-hydrogen) atoms. The van der Waals surface area contributed by atoms with Crippen molar-refractivity contribution in [3.05, 3.63) is 144 Å². The summed E-state index contributed by atoms with van der Waals surface area (Å²) in [4.78, 5) is 57.8. The van der Waals surface area contributed by atoms with Gasteiger partial charge in [0, 0.05) is 70.8 Å². The van der Waals surface area contributed by atoms with E-state index in [0.717, 1.165) is 68.0 Å². The van der Waals surface area contributed by atoms with E-state index < -0.39 is 70.2 Å². The zero-order chi connectivity index (χ0) is 82.6. The molecule has 0 aliphatic carbocycles. The molecule has 5 N–H and O–H groups in total. The van der Waals surface area contributed by atoms with Gasteiger partial charge in [0.05, 0.1) is 42.3 Å². The molecule has 0 saturated carbocycles. The summed E-state index contributed by atoms with van der Waals surface area (Å²) < 4.78 is 44.7. The van der Waals surface area contributed by atoms with Crippen LogP contribution in [0, 0.1) is 77.8 Å². The third kappa shape index (κ3) is 48.2. The van der Waals surface area contributed by atoms with Gasteiger partial charge in [-0.15, -0.1) is 23.9 Å². The predicted octanol–water partition coefficient (Wildman–Crippen LogP) is 10.4. The average Bonchev–Trinajstić information content (AvgIpc) is 1.65. The number of aliphatic hydroxyl groups excluding tert-OH is 1. The van der Waals surface area contributed by atoms with Crippen LogP contribution in [0.15, 0.2) is 97.2 Å². The van der Waals surface area contributed by atoms with E-state index in [4.69, 9.17) is 48.3 Å². The molecule has 0 bridgehead atoms. The van der Waals surface area contributed by atoms with Crippen molar-refractivity contribution in [3.8, 4) is 35.8 Å². The molecule has 24 nitrogen and oxygen atoms in total. The number of hydrogen-bond donors (Lipinski definition) is 4. The van der Waals surface area contributed by atoms with Crippen LogP contribution in [-0.2, 0) is 33.4 Å². The molecule has 0 fully saturated rings. The molecule has 34 heteroatoms. The Labute approximate surface area is 830 Å². The van der Waals surface area contributed by atoms with E-state index in [1.165, 1.54) is 36.8 Å². The molecule has 0 spiro atoms. The third-order valence-electron chi connectivity index (χ3n) is 11.9. The standard InChI is InChI=1S/C18H24N2O2Si.C13H15IN2O2.C10H8N2.C10H18O5.C8H7IN2.C8H8N2.C5H10Si.C2H6O.CH3F.CH2O3.I2.3K.H2O.H/c1-13-8-9-14-15(10-11-23(5,6)7)19-20(16(14)12-13)17(21)22-18(2,3)4;1-8-5-6-9-10(7-8)16(15-11(9)14)12(17)18-13(2,3)4;1-3-9-8-5-4-7(2)6-10(8)12-11-9;1-9(2,3)14-7(11)13-8(12)15-10(4,5)6;1-5-2-3-6-7(4-5)10-11-8(6)9;1-6-2-3-7-5-9-10-8(7)4-6;1-5-6(2,3)4;1-2-3;1-2;2-1-4-3;1-2;;;;;/h8-9,12H,1-7H3;5-7H,1-4H3;1,4-6H,2H3,(H,11,12);1-6H3;2-4H,1H3,(H,10,11);2-5H,1H3,(H,9,10);1H,2-4H3;3H,2H2,1H3;1H3;1,3H;;;;;1H2;/q;;;;;;;;;;;3*+1;;-1/p-2/i;;;;;;;;1D;;;;;;;. The number of nitrogens with zero attached hydrogens (tertiary/aromatic N) is 7. The Morgan fingerprint density at radius 2 is 0.982 bits per heavy atom. The number of H-pyrrole nitrogens is 3. The number of aryl methyl sites for hydroxylation is 5. The van der Waals surface area contributed by atoms with Crippen LogP contribution in [0.2, 0.25) is 39.3 Å². The van der Waals surface area contributed by atoms with Gasteiger partial charge in [0.25, 0.3) is 6.47 Å². The first-order valence-electron chi connectivity index (χ1n) is 33.2. The Morgan fingerprint density at radius 1 is 0.618 bits per heavy atom. The van der Waals surface area contributed by atoms with Crippen molar-refractivity contribution in [1.82, 2.24) is 50.2 Å². The van der Waals surface area contributed by atoms with E-state index in [9.17, 15) is 23.6 Å². The number of rotatable bonds is 1. The number of carbonyl (C=O) groups excluding carboxylic acids is 5. The van der Waals surface area contributed by atoms with E-state index in [1.807, 2.05) is 123 Å². The topological polar surface area (TPSA) is 336 Å². The van der Waals surface area contributed by atoms with Gasteiger partial charge in [0.2, 0.25) is 0 Å². The molecule has 0 aliphatic heterocycles. The van der Waals surface area contributed by atoms with Gasteiger partial charge < -0.3 is 45.8 Å². The summed E-state index contributed by atoms with van der Waals surface area (Å²) in [7, 11) is -3.62. The van der Waals surface area contributed by atoms with Crippen LogP contribution in [-0.4, -0.2) is 144 Å². The van der Waals surface area contributed by atoms with Crippen LogP contribution in [0.1, 0.15) is 132 Å². The van der Waals surface area contributed by atoms with Gasteiger partial charge in [-0.1, -0.05) is 87.5 Å². The summed E-state index contributed by atoms with van der Waals surface area (Å²) in [5.41, 5.74) is 15.4. The Morgan fingerprint density at radius 3 is 1.39 bits per heavy atom. The summed E-state index contributed by atoms with van der Waals surface area (Å²) >= 11 is 8.61. The maximum atomic E-state index is 12.4. The number of fused-ring (bicyclic) bond motifs is 5. The maximum Gasteiger partial charge on any atom is 1.00 e. The van der Waals surface area contributed by atoms with Crippen molar-refractivity contribution >= 4 is 184 Å². The molecule has 10 aromatic rings. The molecular weight excluding hydrogens is 1980 g/mol. The van der Waals surface area contributed by atoms with Crippen molar-refractivity contribution in [3.63, 3.8) is 0 Å². The first kappa shape index (κ1) is 114. The first-order chi connectivity index (χ1) is 49.5. The molecule has 586 valence electrons. The van der Waals surface area contributed by atoms with Crippen LogP contribution in [0.3, 0.4) is 0 Å². The van der Waals surface area contributed by atoms with Gasteiger partial charge in [-0.2, -0.15) is 34.9 Å². The number of hydrogen-bond acceptors (Lipinski definition) is 19. The van der Waals surface area contributed by atoms with Gasteiger partial charge in [-0.3, -0.25) is 24.5 Å². The number of aromatic amines is 3. The van der Waals surface area contributed by atoms with E-state index in [-0.39, 0.29) is 174 Å². The van der Waals surface area contributed by atoms with Crippen LogP contribution in [0.25, 0.3) is 54.5 Å². The minimum atomic E-state index is -1.52. The number of benzene rings is 5. The van der Waals surface area contributed by atoms with Gasteiger partial charge in [0.1, 0.15) is 57.3 Å². The second-order valence-corrected chi connectivity index (χ2v) is 40.3. The molecule has 5 heterocycles. The number of nitrogens with one attached hydrogen (secondary N) is 3. The first-order valence-corrected chi connectivity index (χ1v) is 47.9. The monoisotopic (exact) mass is 2080 g/mol. The molecule has 0 aliphatic rings. The molecule has 0 atom stereocenters. The summed E-state index contributed by atoms with van der Waals surface area (Å²) in [6.07, 6.45) is 9.18. The van der Waals surface area contributed by atoms with Gasteiger partial charge in [-0.05, 0) is 252 Å². The van der Waals surface area contributed by atoms with Gasteiger partial charge in [-0.25, -0.2) is 19.2 Å². The minimum Gasteiger partial charge on any atom is -1.00 e. The molecule has 5 aromatic carbocycles. The van der Waals surface area contributed by atoms with Crippen molar-refractivity contribution in [1.29, 1.82) is 0 Å². The predicted molar refractivity (Wildman–Crippen MR) is 462 cm³/mol. The quantitative estimate of drug-likeness (QED) is 0.0137. The number of carbonyl (C=O) groups is 5. The summed E-state index contributed by atoms with van der Waals surface area (Å²) in [6, 6.07) is 30.3. The van der Waals surface area contributed by atoms with Crippen LogP contribution in [0.5, 0.6) is 0 Å². The van der Waals surface area contributed by atoms with Crippen molar-refractivity contribution in [2.24, 2.45) is 0 Å². The van der Waals surface area contributed by atoms with Crippen LogP contribution in [0.4, 0.5) is 23.6 Å². The molecule has 0 saturated heterocycles. The molecule has 0 amide bonds. The number of halogens is 5. The SMILES string of the molecule is C#C[Si](C)(C)C.C#Cc1[nH]nc2cc(C)ccc12.CC(C)(C)OC(=O)OC(=O)OC(C)(C)C.CCO.Cc1ccc2c(C#C[Si](C)(C)C)nn(C(=O)OC(C)(C)C)c2c1.Cc1ccc2c(I)[nH]nc2c1.Cc1ccc2c(I)nn(C(=O)OC(C)(C)C)c2c1.Cc1ccc2cn[nH]c2c1.II.O=CO[O-].[2H]CF.[H-].[K+].[K+].[K+].[OH-]. The molecular formula is C76H102FI4K3N10O14Si2. The van der Waals surface area contributed by atoms with Crippen molar-refractivity contribution in [2.75, 3.05) is 13.8 Å². The number of alkyl halides is 1. The third-order valence-corrected chi connectivity index (χ3v) is 15.2. The minimum absolute atomic E-state index is 0. The smallest absolute Gasteiger partial charge is 1.00 e. The van der Waals surface area contributed by atoms with Gasteiger partial charge >= 0.3 is 179 Å². The van der Waals surface area contributed by atoms with E-state index in [0.29, 0.717) is 5.69 Å². The Kier molecular flexibility index (Phi) is 58.5. The normalized spacial score (nSPS) is 10.3. The van der Waals surface area contributed by atoms with Gasteiger partial charge in [0.15, 0.2) is 0 Å². The molecule has 0 radical (unpaired) electrons. The van der Waals surface area contributed by atoms with Crippen LogP contribution >= 0.6 is 82.4 Å². The Hall–Kier alpha value is -2.65. The number of aromatic nitrogens is 10. The zero-order valence-corrected chi connectivity index (χ0v) is 88.2. The fourth-order valence-electron chi connectivity index (χ4n) is 7.62. The number of ether oxygens (including phenoxy) is 5. The van der Waals surface area contributed by atoms with E-state index in [1.54, 1.807) is 48.5 Å².